The summed E-state index contributed by atoms with van der Waals surface area (Å²) in [6.45, 7) is 0. The number of para-hydroxylation sites is 1. The lowest BCUT2D eigenvalue weighted by Gasteiger charge is -2.20. The molecule has 1 amide bonds. The molecule has 0 bridgehead atoms. The van der Waals surface area contributed by atoms with Gasteiger partial charge in [0.25, 0.3) is 0 Å². The number of aromatic nitrogens is 3. The molecule has 0 saturated heterocycles. The Morgan fingerprint density at radius 2 is 1.92 bits per heavy atom. The lowest BCUT2D eigenvalue weighted by atomic mass is 9.89. The van der Waals surface area contributed by atoms with E-state index in [1.165, 1.54) is 43.9 Å². The fraction of sp³-hybridized carbons (Fsp3) is 0.500. The van der Waals surface area contributed by atoms with Gasteiger partial charge in [0.2, 0.25) is 5.91 Å². The third-order valence-corrected chi connectivity index (χ3v) is 5.69. The van der Waals surface area contributed by atoms with Gasteiger partial charge in [0.1, 0.15) is 5.82 Å². The van der Waals surface area contributed by atoms with Crippen LogP contribution in [0.3, 0.4) is 0 Å². The lowest BCUT2D eigenvalue weighted by molar-refractivity contribution is -0.115. The van der Waals surface area contributed by atoms with Gasteiger partial charge in [0.05, 0.1) is 5.75 Å². The number of nitrogens with zero attached hydrogens (tertiary/aromatic N) is 4. The number of hydrogen-bond acceptors (Lipinski definition) is 4. The normalized spacial score (nSPS) is 15.4. The molecule has 1 aromatic heterocycles. The monoisotopic (exact) mass is 344 g/mol. The Morgan fingerprint density at radius 3 is 2.62 bits per heavy atom. The Hall–Kier alpha value is -1.82. The Morgan fingerprint density at radius 1 is 1.21 bits per heavy atom. The molecule has 1 aromatic carbocycles. The Kier molecular flexibility index (Phi) is 5.56. The minimum absolute atomic E-state index is 0.0633. The van der Waals surface area contributed by atoms with E-state index in [0.29, 0.717) is 11.7 Å². The molecule has 1 aliphatic carbocycles. The first kappa shape index (κ1) is 17.0. The number of carbonyl (C=O) groups excluding carboxylic acids is 1. The molecule has 3 rings (SSSR count). The zero-order chi connectivity index (χ0) is 16.9. The van der Waals surface area contributed by atoms with E-state index in [1.807, 2.05) is 44.4 Å². The quantitative estimate of drug-likeness (QED) is 0.778. The van der Waals surface area contributed by atoms with Crippen LogP contribution in [0.1, 0.15) is 43.8 Å². The van der Waals surface area contributed by atoms with Crippen LogP contribution < -0.4 is 4.90 Å². The SMILES string of the molecule is CN(C(=O)CSc1nnc(C2CCCCC2)n1C)c1ccccc1. The van der Waals surface area contributed by atoms with E-state index < -0.39 is 0 Å². The molecule has 128 valence electrons. The van der Waals surface area contributed by atoms with E-state index in [1.54, 1.807) is 4.90 Å². The molecule has 1 heterocycles. The molecular weight excluding hydrogens is 320 g/mol. The highest BCUT2D eigenvalue weighted by Gasteiger charge is 2.22. The summed E-state index contributed by atoms with van der Waals surface area (Å²) in [5.41, 5.74) is 0.906. The van der Waals surface area contributed by atoms with Crippen molar-refractivity contribution in [1.82, 2.24) is 14.8 Å². The highest BCUT2D eigenvalue weighted by Crippen LogP contribution is 2.32. The summed E-state index contributed by atoms with van der Waals surface area (Å²) >= 11 is 1.46. The lowest BCUT2D eigenvalue weighted by Crippen LogP contribution is -2.27. The summed E-state index contributed by atoms with van der Waals surface area (Å²) in [4.78, 5) is 14.1. The van der Waals surface area contributed by atoms with Gasteiger partial charge in [-0.1, -0.05) is 49.2 Å². The Balaban J connectivity index is 1.60. The second-order valence-electron chi connectivity index (χ2n) is 6.31. The van der Waals surface area contributed by atoms with Crippen LogP contribution in [-0.2, 0) is 11.8 Å². The summed E-state index contributed by atoms with van der Waals surface area (Å²) in [5, 5.41) is 9.51. The average molecular weight is 344 g/mol. The first-order valence-corrected chi connectivity index (χ1v) is 9.49. The van der Waals surface area contributed by atoms with Crippen molar-refractivity contribution in [3.8, 4) is 0 Å². The summed E-state index contributed by atoms with van der Waals surface area (Å²) in [6.07, 6.45) is 6.29. The van der Waals surface area contributed by atoms with E-state index in [-0.39, 0.29) is 5.91 Å². The fourth-order valence-corrected chi connectivity index (χ4v) is 4.02. The van der Waals surface area contributed by atoms with E-state index in [9.17, 15) is 4.79 Å². The number of thioether (sulfide) groups is 1. The summed E-state index contributed by atoms with van der Waals surface area (Å²) in [5.74, 6) is 2.02. The second kappa shape index (κ2) is 7.83. The zero-order valence-corrected chi connectivity index (χ0v) is 15.1. The molecule has 5 nitrogen and oxygen atoms in total. The molecule has 1 fully saturated rings. The van der Waals surface area contributed by atoms with Crippen LogP contribution in [0.15, 0.2) is 35.5 Å². The van der Waals surface area contributed by atoms with Crippen molar-refractivity contribution in [3.05, 3.63) is 36.2 Å². The van der Waals surface area contributed by atoms with E-state index in [0.717, 1.165) is 16.7 Å². The van der Waals surface area contributed by atoms with Crippen molar-refractivity contribution in [2.24, 2.45) is 7.05 Å². The second-order valence-corrected chi connectivity index (χ2v) is 7.25. The molecule has 0 unspecified atom stereocenters. The molecule has 0 N–H and O–H groups in total. The number of carbonyl (C=O) groups is 1. The first-order chi connectivity index (χ1) is 11.7. The minimum atomic E-state index is 0.0633. The van der Waals surface area contributed by atoms with Gasteiger partial charge in [-0.25, -0.2) is 0 Å². The van der Waals surface area contributed by atoms with Crippen molar-refractivity contribution < 1.29 is 4.79 Å². The Bertz CT molecular complexity index is 680. The molecule has 1 aliphatic rings. The number of hydrogen-bond donors (Lipinski definition) is 0. The molecule has 0 aliphatic heterocycles. The third-order valence-electron chi connectivity index (χ3n) is 4.68. The van der Waals surface area contributed by atoms with Crippen molar-refractivity contribution in [2.75, 3.05) is 17.7 Å². The Labute approximate surface area is 147 Å². The smallest absolute Gasteiger partial charge is 0.237 e. The first-order valence-electron chi connectivity index (χ1n) is 8.50. The molecule has 6 heteroatoms. The van der Waals surface area contributed by atoms with Crippen LogP contribution >= 0.6 is 11.8 Å². The van der Waals surface area contributed by atoms with Gasteiger partial charge in [0, 0.05) is 25.7 Å². The zero-order valence-electron chi connectivity index (χ0n) is 14.3. The molecule has 0 spiro atoms. The minimum Gasteiger partial charge on any atom is -0.315 e. The topological polar surface area (TPSA) is 51.0 Å². The summed E-state index contributed by atoms with van der Waals surface area (Å²) < 4.78 is 2.07. The van der Waals surface area contributed by atoms with Crippen molar-refractivity contribution in [1.29, 1.82) is 0 Å². The molecule has 2 aromatic rings. The maximum Gasteiger partial charge on any atom is 0.237 e. The summed E-state index contributed by atoms with van der Waals surface area (Å²) in [6, 6.07) is 9.69. The van der Waals surface area contributed by atoms with Crippen LogP contribution in [-0.4, -0.2) is 33.5 Å². The predicted molar refractivity (Wildman–Crippen MR) is 97.4 cm³/mol. The maximum absolute atomic E-state index is 12.4. The number of benzene rings is 1. The van der Waals surface area contributed by atoms with Crippen LogP contribution in [0.5, 0.6) is 0 Å². The van der Waals surface area contributed by atoms with Crippen molar-refractivity contribution in [3.63, 3.8) is 0 Å². The highest BCUT2D eigenvalue weighted by molar-refractivity contribution is 7.99. The number of amides is 1. The molecule has 0 radical (unpaired) electrons. The number of anilines is 1. The van der Waals surface area contributed by atoms with E-state index in [4.69, 9.17) is 0 Å². The van der Waals surface area contributed by atoms with Crippen molar-refractivity contribution >= 4 is 23.4 Å². The number of rotatable bonds is 5. The van der Waals surface area contributed by atoms with E-state index in [2.05, 4.69) is 14.8 Å². The van der Waals surface area contributed by atoms with Gasteiger partial charge < -0.3 is 9.47 Å². The van der Waals surface area contributed by atoms with Gasteiger partial charge >= 0.3 is 0 Å². The van der Waals surface area contributed by atoms with Crippen molar-refractivity contribution in [2.45, 2.75) is 43.2 Å². The van der Waals surface area contributed by atoms with Gasteiger partial charge in [-0.2, -0.15) is 0 Å². The summed E-state index contributed by atoms with van der Waals surface area (Å²) in [7, 11) is 3.82. The predicted octanol–water partition coefficient (Wildman–Crippen LogP) is 3.62. The van der Waals surface area contributed by atoms with Crippen LogP contribution in [0.4, 0.5) is 5.69 Å². The van der Waals surface area contributed by atoms with Gasteiger partial charge in [-0.05, 0) is 25.0 Å². The average Bonchev–Trinajstić information content (AvgIpc) is 3.01. The fourth-order valence-electron chi connectivity index (χ4n) is 3.19. The van der Waals surface area contributed by atoms with Gasteiger partial charge in [-0.15, -0.1) is 10.2 Å². The highest BCUT2D eigenvalue weighted by atomic mass is 32.2. The standard InChI is InChI=1S/C18H24N4OS/c1-21(15-11-7-4-8-12-15)16(23)13-24-18-20-19-17(22(18)2)14-9-5-3-6-10-14/h4,7-8,11-12,14H,3,5-6,9-10,13H2,1-2H3. The molecule has 0 atom stereocenters. The molecular formula is C18H24N4OS. The van der Waals surface area contributed by atoms with Gasteiger partial charge in [-0.3, -0.25) is 4.79 Å². The van der Waals surface area contributed by atoms with Crippen LogP contribution in [0.2, 0.25) is 0 Å². The molecule has 1 saturated carbocycles. The maximum atomic E-state index is 12.4. The van der Waals surface area contributed by atoms with Crippen LogP contribution in [0, 0.1) is 0 Å². The van der Waals surface area contributed by atoms with E-state index >= 15 is 0 Å². The molecule has 24 heavy (non-hydrogen) atoms. The van der Waals surface area contributed by atoms with Crippen LogP contribution in [0.25, 0.3) is 0 Å². The van der Waals surface area contributed by atoms with Gasteiger partial charge in [0.15, 0.2) is 5.16 Å². The third kappa shape index (κ3) is 3.80. The largest absolute Gasteiger partial charge is 0.315 e.